The van der Waals surface area contributed by atoms with Crippen LogP contribution in [0.5, 0.6) is 0 Å². The number of esters is 1. The van der Waals surface area contributed by atoms with Gasteiger partial charge in [0, 0.05) is 11.8 Å². The molecular weight excluding hydrogens is 514 g/mol. The number of Topliss-reactive ketones (excluding diaryl/α,β-unsaturated/α-hetero) is 1. The molecule has 6 nitrogen and oxygen atoms in total. The van der Waals surface area contributed by atoms with Gasteiger partial charge >= 0.3 is 5.97 Å². The number of carbonyl (C=O) groups excluding carboxylic acids is 2. The van der Waals surface area contributed by atoms with Crippen LogP contribution < -0.4 is 0 Å². The van der Waals surface area contributed by atoms with Gasteiger partial charge in [0.2, 0.25) is 0 Å². The molecule has 0 aliphatic heterocycles. The zero-order valence-corrected chi connectivity index (χ0v) is 27.1. The van der Waals surface area contributed by atoms with Crippen LogP contribution in [0.15, 0.2) is 29.1 Å². The quantitative estimate of drug-likeness (QED) is 0.0886. The second-order valence-corrected chi connectivity index (χ2v) is 14.2. The highest BCUT2D eigenvalue weighted by molar-refractivity contribution is 6.23. The minimum atomic E-state index is -0.908. The van der Waals surface area contributed by atoms with Crippen molar-refractivity contribution in [3.8, 4) is 0 Å². The Morgan fingerprint density at radius 2 is 1.59 bits per heavy atom. The van der Waals surface area contributed by atoms with Gasteiger partial charge in [-0.15, -0.1) is 0 Å². The average Bonchev–Trinajstić information content (AvgIpc) is 2.91. The third-order valence-corrected chi connectivity index (χ3v) is 10.8. The lowest BCUT2D eigenvalue weighted by atomic mass is 9.43. The number of nitrogens with zero attached hydrogens (tertiary/aromatic N) is 1. The summed E-state index contributed by atoms with van der Waals surface area (Å²) >= 11 is 0. The number of aliphatic hydroxyl groups excluding tert-OH is 1. The fourth-order valence-corrected chi connectivity index (χ4v) is 8.99. The number of oxime groups is 1. The van der Waals surface area contributed by atoms with Crippen LogP contribution in [0.3, 0.4) is 0 Å². The summed E-state index contributed by atoms with van der Waals surface area (Å²) in [5, 5.41) is 16.5. The number of allylic oxidation sites excluding steroid dienone is 1. The van der Waals surface area contributed by atoms with Gasteiger partial charge in [-0.05, 0) is 79.4 Å². The normalized spacial score (nSPS) is 35.1. The highest BCUT2D eigenvalue weighted by Crippen LogP contribution is 2.64. The molecule has 0 aromatic heterocycles. The lowest BCUT2D eigenvalue weighted by Gasteiger charge is -2.60. The molecule has 0 heterocycles. The van der Waals surface area contributed by atoms with E-state index in [-0.39, 0.29) is 42.0 Å². The fourth-order valence-electron chi connectivity index (χ4n) is 8.99. The smallest absolute Gasteiger partial charge is 0.316 e. The van der Waals surface area contributed by atoms with Gasteiger partial charge in [0.1, 0.15) is 18.3 Å². The molecule has 7 atom stereocenters. The van der Waals surface area contributed by atoms with Gasteiger partial charge in [0.25, 0.3) is 0 Å². The summed E-state index contributed by atoms with van der Waals surface area (Å²) in [4.78, 5) is 34.0. The van der Waals surface area contributed by atoms with Crippen LogP contribution >= 0.6 is 0 Å². The number of carbonyl (C=O) groups is 2. The van der Waals surface area contributed by atoms with Crippen molar-refractivity contribution in [2.75, 3.05) is 13.7 Å². The zero-order valence-electron chi connectivity index (χ0n) is 27.1. The first-order valence-electron chi connectivity index (χ1n) is 16.3. The molecule has 3 aliphatic carbocycles. The molecule has 232 valence electrons. The maximum absolute atomic E-state index is 14.5. The summed E-state index contributed by atoms with van der Waals surface area (Å²) in [6.07, 6.45) is 9.40. The standard InChI is InChI=1S/C35H57NO5/c1-10-12-29(36-41-17-11-2)31-30(37)20-35(32(33(31)38)34(39)40-9,27-18-23(7)13-15-25(27)21(3)4)28-19-24(8)14-16-26(28)22(5)6/h11,21-28,32,38H,2,10,12-20H2,1,3-9H3/b36-29-. The maximum atomic E-state index is 14.5. The second-order valence-electron chi connectivity index (χ2n) is 14.2. The first-order valence-corrected chi connectivity index (χ1v) is 16.3. The van der Waals surface area contributed by atoms with Crippen LogP contribution in [0, 0.1) is 58.7 Å². The van der Waals surface area contributed by atoms with Gasteiger partial charge in [-0.25, -0.2) is 0 Å². The van der Waals surface area contributed by atoms with Crippen LogP contribution in [0.2, 0.25) is 0 Å². The van der Waals surface area contributed by atoms with Gasteiger partial charge in [-0.3, -0.25) is 9.59 Å². The topological polar surface area (TPSA) is 85.2 Å². The molecular formula is C35H57NO5. The van der Waals surface area contributed by atoms with E-state index in [1.807, 2.05) is 6.92 Å². The van der Waals surface area contributed by atoms with Crippen LogP contribution in [0.4, 0.5) is 0 Å². The largest absolute Gasteiger partial charge is 0.511 e. The van der Waals surface area contributed by atoms with Crippen molar-refractivity contribution in [2.24, 2.45) is 63.8 Å². The van der Waals surface area contributed by atoms with Crippen molar-refractivity contribution >= 4 is 17.5 Å². The molecule has 2 saturated carbocycles. The Labute approximate surface area is 249 Å². The van der Waals surface area contributed by atoms with Crippen molar-refractivity contribution in [2.45, 2.75) is 106 Å². The number of aliphatic hydroxyl groups is 1. The molecule has 0 aromatic carbocycles. The molecule has 0 radical (unpaired) electrons. The minimum absolute atomic E-state index is 0.112. The second kappa shape index (κ2) is 14.4. The van der Waals surface area contributed by atoms with Crippen molar-refractivity contribution in [3.63, 3.8) is 0 Å². The maximum Gasteiger partial charge on any atom is 0.316 e. The van der Waals surface area contributed by atoms with Gasteiger partial charge in [0.05, 0.1) is 18.4 Å². The van der Waals surface area contributed by atoms with E-state index in [0.29, 0.717) is 47.6 Å². The molecule has 6 heteroatoms. The molecule has 3 aliphatic rings. The molecule has 0 saturated heterocycles. The van der Waals surface area contributed by atoms with E-state index in [1.54, 1.807) is 6.08 Å². The third kappa shape index (κ3) is 6.77. The van der Waals surface area contributed by atoms with Crippen LogP contribution in [-0.4, -0.2) is 36.3 Å². The van der Waals surface area contributed by atoms with Gasteiger partial charge in [-0.1, -0.05) is 85.5 Å². The zero-order chi connectivity index (χ0) is 30.5. The monoisotopic (exact) mass is 571 g/mol. The molecule has 41 heavy (non-hydrogen) atoms. The van der Waals surface area contributed by atoms with E-state index in [0.717, 1.165) is 44.9 Å². The lowest BCUT2D eigenvalue weighted by Crippen LogP contribution is -2.59. The van der Waals surface area contributed by atoms with E-state index in [4.69, 9.17) is 9.57 Å². The third-order valence-electron chi connectivity index (χ3n) is 10.8. The molecule has 3 rings (SSSR count). The predicted molar refractivity (Wildman–Crippen MR) is 165 cm³/mol. The number of hydrogen-bond donors (Lipinski definition) is 1. The fraction of sp³-hybridized carbons (Fsp3) is 0.800. The summed E-state index contributed by atoms with van der Waals surface area (Å²) < 4.78 is 5.54. The number of methoxy groups -OCH3 is 1. The van der Waals surface area contributed by atoms with Crippen LogP contribution in [0.25, 0.3) is 0 Å². The molecule has 0 aromatic rings. The predicted octanol–water partition coefficient (Wildman–Crippen LogP) is 8.32. The summed E-state index contributed by atoms with van der Waals surface area (Å²) in [6.45, 7) is 19.6. The van der Waals surface area contributed by atoms with E-state index >= 15 is 0 Å². The SMILES string of the molecule is C=CCO/N=C(/CCC)C1=C(O)C(C(=O)OC)C(C2CC(C)CCC2C(C)C)(C2CC(C)CCC2C(C)C)CC1=O. The van der Waals surface area contributed by atoms with Crippen molar-refractivity contribution in [1.82, 2.24) is 0 Å². The summed E-state index contributed by atoms with van der Waals surface area (Å²) in [6, 6.07) is 0. The highest BCUT2D eigenvalue weighted by atomic mass is 16.6. The van der Waals surface area contributed by atoms with E-state index < -0.39 is 17.3 Å². The van der Waals surface area contributed by atoms with Crippen LogP contribution in [-0.2, 0) is 19.2 Å². The van der Waals surface area contributed by atoms with Crippen molar-refractivity contribution in [1.29, 1.82) is 0 Å². The molecule has 1 N–H and O–H groups in total. The number of rotatable bonds is 11. The Balaban J connectivity index is 2.37. The number of ether oxygens (including phenoxy) is 1. The first kappa shape index (κ1) is 33.4. The summed E-state index contributed by atoms with van der Waals surface area (Å²) in [7, 11) is 1.41. The number of ketones is 1. The molecule has 0 spiro atoms. The van der Waals surface area contributed by atoms with E-state index in [9.17, 15) is 14.7 Å². The van der Waals surface area contributed by atoms with Gasteiger partial charge in [-0.2, -0.15) is 0 Å². The Morgan fingerprint density at radius 1 is 1.05 bits per heavy atom. The Bertz CT molecular complexity index is 963. The van der Waals surface area contributed by atoms with Crippen molar-refractivity contribution < 1.29 is 24.3 Å². The Morgan fingerprint density at radius 3 is 2.02 bits per heavy atom. The van der Waals surface area contributed by atoms with E-state index in [2.05, 4.69) is 53.3 Å². The first-order chi connectivity index (χ1) is 19.4. The highest BCUT2D eigenvalue weighted by Gasteiger charge is 2.63. The molecule has 2 fully saturated rings. The van der Waals surface area contributed by atoms with Gasteiger partial charge < -0.3 is 14.7 Å². The number of hydrogen-bond acceptors (Lipinski definition) is 6. The van der Waals surface area contributed by atoms with Gasteiger partial charge in [0.15, 0.2) is 5.78 Å². The average molecular weight is 572 g/mol. The van der Waals surface area contributed by atoms with Crippen molar-refractivity contribution in [3.05, 3.63) is 24.0 Å². The Kier molecular flexibility index (Phi) is 11.7. The Hall–Kier alpha value is -2.11. The lowest BCUT2D eigenvalue weighted by molar-refractivity contribution is -0.170. The minimum Gasteiger partial charge on any atom is -0.511 e. The van der Waals surface area contributed by atoms with E-state index in [1.165, 1.54) is 7.11 Å². The molecule has 0 amide bonds. The summed E-state index contributed by atoms with van der Waals surface area (Å²) in [5.74, 6) is 1.20. The molecule has 0 bridgehead atoms. The molecule has 7 unspecified atom stereocenters. The summed E-state index contributed by atoms with van der Waals surface area (Å²) in [5.41, 5.74) is -0.143. The van der Waals surface area contributed by atoms with Crippen LogP contribution in [0.1, 0.15) is 106 Å².